The minimum absolute atomic E-state index is 0.0416. The molecule has 1 amide bonds. The van der Waals surface area contributed by atoms with E-state index in [0.29, 0.717) is 11.1 Å². The van der Waals surface area contributed by atoms with Gasteiger partial charge >= 0.3 is 6.09 Å². The first-order valence-corrected chi connectivity index (χ1v) is 5.37. The number of nitrogens with one attached hydrogen (secondary N) is 2. The summed E-state index contributed by atoms with van der Waals surface area (Å²) in [6.45, 7) is 3.91. The number of phenolic OH excluding ortho intramolecular Hbond substituents is 1. The molecule has 0 fully saturated rings. The van der Waals surface area contributed by atoms with Gasteiger partial charge in [-0.3, -0.25) is 5.32 Å². The first-order chi connectivity index (χ1) is 8.11. The zero-order valence-corrected chi connectivity index (χ0v) is 9.70. The Bertz CT molecular complexity index is 560. The summed E-state index contributed by atoms with van der Waals surface area (Å²) in [6, 6.07) is 5.25. The fourth-order valence-electron chi connectivity index (χ4n) is 1.71. The quantitative estimate of drug-likeness (QED) is 0.699. The summed E-state index contributed by atoms with van der Waals surface area (Å²) in [6.07, 6.45) is -0.575. The average molecular weight is 234 g/mol. The molecule has 17 heavy (non-hydrogen) atoms. The van der Waals surface area contributed by atoms with Gasteiger partial charge in [0.1, 0.15) is 5.75 Å². The first kappa shape index (κ1) is 11.3. The van der Waals surface area contributed by atoms with Crippen molar-refractivity contribution in [2.24, 2.45) is 0 Å². The van der Waals surface area contributed by atoms with E-state index in [1.54, 1.807) is 19.1 Å². The molecule has 3 N–H and O–H groups in total. The topological polar surface area (TPSA) is 74.3 Å². The Hall–Kier alpha value is -2.17. The van der Waals surface area contributed by atoms with Crippen LogP contribution in [0.25, 0.3) is 10.9 Å². The van der Waals surface area contributed by atoms with Crippen LogP contribution in [0.5, 0.6) is 5.75 Å². The number of anilines is 1. The SMILES string of the molecule is CCOC(=O)Nc1ccc2[nH]c(C)cc2c1O. The largest absolute Gasteiger partial charge is 0.505 e. The lowest BCUT2D eigenvalue weighted by atomic mass is 10.2. The summed E-state index contributed by atoms with van der Waals surface area (Å²) < 4.78 is 4.75. The molecular formula is C12H14N2O3. The van der Waals surface area contributed by atoms with Crippen LogP contribution in [-0.4, -0.2) is 22.8 Å². The third-order valence-corrected chi connectivity index (χ3v) is 2.42. The predicted octanol–water partition coefficient (Wildman–Crippen LogP) is 2.75. The number of phenols is 1. The Balaban J connectivity index is 2.35. The fourth-order valence-corrected chi connectivity index (χ4v) is 1.71. The minimum Gasteiger partial charge on any atom is -0.505 e. The number of aromatic nitrogens is 1. The van der Waals surface area contributed by atoms with E-state index in [1.807, 2.05) is 13.0 Å². The molecule has 0 aliphatic heterocycles. The Morgan fingerprint density at radius 3 is 3.00 bits per heavy atom. The van der Waals surface area contributed by atoms with Crippen molar-refractivity contribution in [2.75, 3.05) is 11.9 Å². The molecule has 1 aromatic carbocycles. The second-order valence-electron chi connectivity index (χ2n) is 3.72. The van der Waals surface area contributed by atoms with Gasteiger partial charge in [0.2, 0.25) is 0 Å². The molecule has 2 rings (SSSR count). The van der Waals surface area contributed by atoms with Crippen LogP contribution >= 0.6 is 0 Å². The van der Waals surface area contributed by atoms with E-state index in [1.165, 1.54) is 0 Å². The molecule has 0 saturated heterocycles. The molecule has 0 spiro atoms. The highest BCUT2D eigenvalue weighted by atomic mass is 16.5. The zero-order chi connectivity index (χ0) is 12.4. The van der Waals surface area contributed by atoms with Crippen molar-refractivity contribution in [2.45, 2.75) is 13.8 Å². The molecule has 5 heteroatoms. The van der Waals surface area contributed by atoms with Crippen LogP contribution in [0.2, 0.25) is 0 Å². The number of aromatic hydroxyl groups is 1. The molecule has 1 aromatic heterocycles. The van der Waals surface area contributed by atoms with Gasteiger partial charge in [0.25, 0.3) is 0 Å². The summed E-state index contributed by atoms with van der Waals surface area (Å²) in [5, 5.41) is 13.2. The molecule has 0 aliphatic rings. The molecule has 2 aromatic rings. The Morgan fingerprint density at radius 1 is 1.53 bits per heavy atom. The number of carbonyl (C=O) groups excluding carboxylic acids is 1. The number of carbonyl (C=O) groups is 1. The van der Waals surface area contributed by atoms with E-state index in [4.69, 9.17) is 4.74 Å². The summed E-state index contributed by atoms with van der Waals surface area (Å²) in [4.78, 5) is 14.4. The van der Waals surface area contributed by atoms with Crippen molar-refractivity contribution in [3.8, 4) is 5.75 Å². The van der Waals surface area contributed by atoms with Crippen LogP contribution in [0.4, 0.5) is 10.5 Å². The summed E-state index contributed by atoms with van der Waals surface area (Å²) in [5.41, 5.74) is 2.12. The normalized spacial score (nSPS) is 10.5. The van der Waals surface area contributed by atoms with E-state index in [0.717, 1.165) is 11.2 Å². The van der Waals surface area contributed by atoms with Gasteiger partial charge < -0.3 is 14.8 Å². The van der Waals surface area contributed by atoms with Gasteiger partial charge in [-0.05, 0) is 32.0 Å². The van der Waals surface area contributed by atoms with Crippen molar-refractivity contribution in [1.82, 2.24) is 4.98 Å². The smallest absolute Gasteiger partial charge is 0.411 e. The van der Waals surface area contributed by atoms with E-state index in [9.17, 15) is 9.90 Å². The van der Waals surface area contributed by atoms with Crippen molar-refractivity contribution >= 4 is 22.7 Å². The highest BCUT2D eigenvalue weighted by molar-refractivity contribution is 5.96. The molecule has 0 aliphatic carbocycles. The van der Waals surface area contributed by atoms with E-state index in [2.05, 4.69) is 10.3 Å². The molecule has 0 atom stereocenters. The fraction of sp³-hybridized carbons (Fsp3) is 0.250. The summed E-state index contributed by atoms with van der Waals surface area (Å²) in [5.74, 6) is 0.0416. The second kappa shape index (κ2) is 4.37. The Morgan fingerprint density at radius 2 is 2.29 bits per heavy atom. The second-order valence-corrected chi connectivity index (χ2v) is 3.72. The molecule has 0 unspecified atom stereocenters. The van der Waals surface area contributed by atoms with Gasteiger partial charge in [-0.2, -0.15) is 0 Å². The van der Waals surface area contributed by atoms with Crippen LogP contribution < -0.4 is 5.32 Å². The average Bonchev–Trinajstić information content (AvgIpc) is 2.64. The Labute approximate surface area is 98.4 Å². The van der Waals surface area contributed by atoms with Crippen LogP contribution in [0.3, 0.4) is 0 Å². The molecular weight excluding hydrogens is 220 g/mol. The first-order valence-electron chi connectivity index (χ1n) is 5.37. The van der Waals surface area contributed by atoms with Gasteiger partial charge in [-0.1, -0.05) is 0 Å². The predicted molar refractivity (Wildman–Crippen MR) is 65.3 cm³/mol. The number of rotatable bonds is 2. The molecule has 5 nitrogen and oxygen atoms in total. The number of benzene rings is 1. The highest BCUT2D eigenvalue weighted by Crippen LogP contribution is 2.32. The summed E-state index contributed by atoms with van der Waals surface area (Å²) >= 11 is 0. The molecule has 1 heterocycles. The number of hydrogen-bond donors (Lipinski definition) is 3. The lowest BCUT2D eigenvalue weighted by Crippen LogP contribution is -2.13. The van der Waals surface area contributed by atoms with Crippen molar-refractivity contribution in [3.63, 3.8) is 0 Å². The maximum Gasteiger partial charge on any atom is 0.411 e. The van der Waals surface area contributed by atoms with Crippen LogP contribution in [0.15, 0.2) is 18.2 Å². The monoisotopic (exact) mass is 234 g/mol. The Kier molecular flexibility index (Phi) is 2.91. The number of H-pyrrole nitrogens is 1. The van der Waals surface area contributed by atoms with E-state index >= 15 is 0 Å². The number of fused-ring (bicyclic) bond motifs is 1. The number of amides is 1. The van der Waals surface area contributed by atoms with Crippen LogP contribution in [0, 0.1) is 6.92 Å². The van der Waals surface area contributed by atoms with Crippen LogP contribution in [-0.2, 0) is 4.74 Å². The third kappa shape index (κ3) is 2.18. The van der Waals surface area contributed by atoms with Gasteiger partial charge in [0.05, 0.1) is 12.3 Å². The number of ether oxygens (including phenoxy) is 1. The van der Waals surface area contributed by atoms with Crippen molar-refractivity contribution in [3.05, 3.63) is 23.9 Å². The number of aromatic amines is 1. The lowest BCUT2D eigenvalue weighted by Gasteiger charge is -2.07. The van der Waals surface area contributed by atoms with Gasteiger partial charge in [0.15, 0.2) is 0 Å². The molecule has 0 saturated carbocycles. The number of hydrogen-bond acceptors (Lipinski definition) is 3. The molecule has 0 radical (unpaired) electrons. The van der Waals surface area contributed by atoms with Gasteiger partial charge in [-0.15, -0.1) is 0 Å². The number of aryl methyl sites for hydroxylation is 1. The van der Waals surface area contributed by atoms with E-state index < -0.39 is 6.09 Å². The summed E-state index contributed by atoms with van der Waals surface area (Å²) in [7, 11) is 0. The third-order valence-electron chi connectivity index (χ3n) is 2.42. The van der Waals surface area contributed by atoms with Crippen molar-refractivity contribution in [1.29, 1.82) is 0 Å². The van der Waals surface area contributed by atoms with Gasteiger partial charge in [0, 0.05) is 16.6 Å². The minimum atomic E-state index is -0.575. The molecule has 90 valence electrons. The van der Waals surface area contributed by atoms with Crippen LogP contribution in [0.1, 0.15) is 12.6 Å². The van der Waals surface area contributed by atoms with Gasteiger partial charge in [-0.25, -0.2) is 4.79 Å². The highest BCUT2D eigenvalue weighted by Gasteiger charge is 2.11. The standard InChI is InChI=1S/C12H14N2O3/c1-3-17-12(16)14-10-5-4-9-8(11(10)15)6-7(2)13-9/h4-6,13,15H,3H2,1-2H3,(H,14,16). The zero-order valence-electron chi connectivity index (χ0n) is 9.70. The maximum atomic E-state index is 11.3. The molecule has 0 bridgehead atoms. The maximum absolute atomic E-state index is 11.3. The van der Waals surface area contributed by atoms with E-state index in [-0.39, 0.29) is 12.4 Å². The lowest BCUT2D eigenvalue weighted by molar-refractivity contribution is 0.168. The van der Waals surface area contributed by atoms with Crippen molar-refractivity contribution < 1.29 is 14.6 Å².